The Morgan fingerprint density at radius 2 is 2.20 bits per heavy atom. The van der Waals surface area contributed by atoms with Crippen molar-refractivity contribution < 1.29 is 13.6 Å². The van der Waals surface area contributed by atoms with Crippen LogP contribution in [0, 0.1) is 0 Å². The molecule has 0 saturated heterocycles. The molecule has 0 bridgehead atoms. The van der Waals surface area contributed by atoms with Crippen molar-refractivity contribution in [1.29, 1.82) is 0 Å². The van der Waals surface area contributed by atoms with Gasteiger partial charge < -0.3 is 8.83 Å². The molecule has 0 aromatic carbocycles. The molecular formula is C12H12O3. The summed E-state index contributed by atoms with van der Waals surface area (Å²) in [6.07, 6.45) is 4.26. The summed E-state index contributed by atoms with van der Waals surface area (Å²) < 4.78 is 10.3. The fraction of sp³-hybridized carbons (Fsp3) is 0.250. The van der Waals surface area contributed by atoms with Crippen LogP contribution in [0.2, 0.25) is 0 Å². The number of carbonyl (C=O) groups excluding carboxylic acids is 1. The maximum atomic E-state index is 11.7. The van der Waals surface area contributed by atoms with Gasteiger partial charge in [-0.3, -0.25) is 4.79 Å². The van der Waals surface area contributed by atoms with Gasteiger partial charge >= 0.3 is 0 Å². The molecule has 3 nitrogen and oxygen atoms in total. The minimum Gasteiger partial charge on any atom is -0.472 e. The summed E-state index contributed by atoms with van der Waals surface area (Å²) >= 11 is 0. The molecule has 0 N–H and O–H groups in total. The summed E-state index contributed by atoms with van der Waals surface area (Å²) in [5, 5.41) is 0. The van der Waals surface area contributed by atoms with E-state index in [2.05, 4.69) is 0 Å². The molecule has 0 unspecified atom stereocenters. The van der Waals surface area contributed by atoms with E-state index >= 15 is 0 Å². The number of furan rings is 2. The molecular weight excluding hydrogens is 192 g/mol. The molecule has 0 saturated carbocycles. The molecule has 2 heterocycles. The highest BCUT2D eigenvalue weighted by Crippen LogP contribution is 2.12. The molecule has 15 heavy (non-hydrogen) atoms. The van der Waals surface area contributed by atoms with Crippen molar-refractivity contribution >= 4 is 5.78 Å². The number of hydrogen-bond acceptors (Lipinski definition) is 3. The first-order valence-electron chi connectivity index (χ1n) is 4.92. The van der Waals surface area contributed by atoms with Gasteiger partial charge in [-0.05, 0) is 23.8 Å². The van der Waals surface area contributed by atoms with E-state index in [0.29, 0.717) is 12.2 Å². The van der Waals surface area contributed by atoms with E-state index in [0.717, 1.165) is 17.7 Å². The Labute approximate surface area is 87.7 Å². The Hall–Kier alpha value is -1.77. The van der Waals surface area contributed by atoms with Crippen LogP contribution < -0.4 is 0 Å². The first kappa shape index (κ1) is 9.77. The van der Waals surface area contributed by atoms with Crippen LogP contribution in [0.5, 0.6) is 0 Å². The Bertz CT molecular complexity index is 437. The minimum atomic E-state index is -0.0175. The summed E-state index contributed by atoms with van der Waals surface area (Å²) in [5.41, 5.74) is 0.870. The molecule has 0 aliphatic rings. The molecule has 0 spiro atoms. The Morgan fingerprint density at radius 3 is 2.80 bits per heavy atom. The lowest BCUT2D eigenvalue weighted by Gasteiger charge is -1.94. The van der Waals surface area contributed by atoms with E-state index < -0.39 is 0 Å². The van der Waals surface area contributed by atoms with Crippen molar-refractivity contribution in [2.45, 2.75) is 19.8 Å². The maximum Gasteiger partial charge on any atom is 0.202 e. The third kappa shape index (κ3) is 2.18. The smallest absolute Gasteiger partial charge is 0.202 e. The molecule has 0 fully saturated rings. The molecule has 0 radical (unpaired) electrons. The molecule has 0 atom stereocenters. The van der Waals surface area contributed by atoms with Gasteiger partial charge in [0.25, 0.3) is 0 Å². The average molecular weight is 204 g/mol. The maximum absolute atomic E-state index is 11.7. The number of ketones is 1. The van der Waals surface area contributed by atoms with Crippen LogP contribution in [0.25, 0.3) is 0 Å². The normalized spacial score (nSPS) is 10.5. The van der Waals surface area contributed by atoms with E-state index in [1.807, 2.05) is 13.0 Å². The Morgan fingerprint density at radius 1 is 1.33 bits per heavy atom. The lowest BCUT2D eigenvalue weighted by molar-refractivity contribution is 0.0964. The molecule has 2 rings (SSSR count). The van der Waals surface area contributed by atoms with Gasteiger partial charge in [-0.2, -0.15) is 0 Å². The van der Waals surface area contributed by atoms with Crippen molar-refractivity contribution in [2.24, 2.45) is 0 Å². The lowest BCUT2D eigenvalue weighted by atomic mass is 10.1. The highest BCUT2D eigenvalue weighted by atomic mass is 16.3. The lowest BCUT2D eigenvalue weighted by Crippen LogP contribution is -2.00. The predicted molar refractivity (Wildman–Crippen MR) is 54.8 cm³/mol. The van der Waals surface area contributed by atoms with Gasteiger partial charge in [-0.15, -0.1) is 0 Å². The van der Waals surface area contributed by atoms with Crippen molar-refractivity contribution in [3.63, 3.8) is 0 Å². The molecule has 0 amide bonds. The van der Waals surface area contributed by atoms with E-state index in [1.165, 1.54) is 0 Å². The molecule has 0 aliphatic carbocycles. The number of Topliss-reactive ketones (excluding diaryl/α,β-unsaturated/α-hetero) is 1. The summed E-state index contributed by atoms with van der Waals surface area (Å²) in [6, 6.07) is 5.34. The van der Waals surface area contributed by atoms with Crippen LogP contribution in [-0.4, -0.2) is 5.78 Å². The Kier molecular flexibility index (Phi) is 2.72. The van der Waals surface area contributed by atoms with Gasteiger partial charge in [0.15, 0.2) is 5.76 Å². The first-order valence-corrected chi connectivity index (χ1v) is 4.92. The van der Waals surface area contributed by atoms with Crippen molar-refractivity contribution in [3.05, 3.63) is 47.8 Å². The largest absolute Gasteiger partial charge is 0.472 e. The monoisotopic (exact) mass is 204 g/mol. The zero-order valence-electron chi connectivity index (χ0n) is 8.53. The molecule has 3 heteroatoms. The minimum absolute atomic E-state index is 0.0175. The van der Waals surface area contributed by atoms with Gasteiger partial charge in [0, 0.05) is 12.8 Å². The van der Waals surface area contributed by atoms with Gasteiger partial charge in [-0.1, -0.05) is 6.92 Å². The van der Waals surface area contributed by atoms with Crippen molar-refractivity contribution in [2.75, 3.05) is 0 Å². The summed E-state index contributed by atoms with van der Waals surface area (Å²) in [5.74, 6) is 1.25. The first-order chi connectivity index (χ1) is 7.29. The van der Waals surface area contributed by atoms with Crippen molar-refractivity contribution in [1.82, 2.24) is 0 Å². The topological polar surface area (TPSA) is 43.4 Å². The quantitative estimate of drug-likeness (QED) is 0.719. The third-order valence-corrected chi connectivity index (χ3v) is 2.23. The SMILES string of the molecule is CCc1ccc(C(=O)Cc2ccoc2)o1. The second kappa shape index (κ2) is 4.17. The molecule has 2 aromatic heterocycles. The van der Waals surface area contributed by atoms with E-state index in [-0.39, 0.29) is 5.78 Å². The fourth-order valence-electron chi connectivity index (χ4n) is 1.38. The third-order valence-electron chi connectivity index (χ3n) is 2.23. The van der Waals surface area contributed by atoms with Crippen LogP contribution in [0.3, 0.4) is 0 Å². The summed E-state index contributed by atoms with van der Waals surface area (Å²) in [6.45, 7) is 1.99. The van der Waals surface area contributed by atoms with E-state index in [1.54, 1.807) is 24.7 Å². The van der Waals surface area contributed by atoms with Crippen LogP contribution in [0.15, 0.2) is 39.6 Å². The standard InChI is InChI=1S/C12H12O3/c1-2-10-3-4-12(15-10)11(13)7-9-5-6-14-8-9/h3-6,8H,2,7H2,1H3. The van der Waals surface area contributed by atoms with Gasteiger partial charge in [0.1, 0.15) is 5.76 Å². The van der Waals surface area contributed by atoms with Gasteiger partial charge in [0.2, 0.25) is 5.78 Å². The highest BCUT2D eigenvalue weighted by Gasteiger charge is 2.11. The van der Waals surface area contributed by atoms with Crippen molar-refractivity contribution in [3.8, 4) is 0 Å². The van der Waals surface area contributed by atoms with E-state index in [4.69, 9.17) is 8.83 Å². The second-order valence-corrected chi connectivity index (χ2v) is 3.35. The zero-order valence-corrected chi connectivity index (χ0v) is 8.53. The highest BCUT2D eigenvalue weighted by molar-refractivity contribution is 5.94. The number of rotatable bonds is 4. The van der Waals surface area contributed by atoms with Crippen LogP contribution in [0.1, 0.15) is 28.8 Å². The molecule has 78 valence electrons. The summed E-state index contributed by atoms with van der Waals surface area (Å²) in [7, 11) is 0. The molecule has 0 aliphatic heterocycles. The fourth-order valence-corrected chi connectivity index (χ4v) is 1.38. The second-order valence-electron chi connectivity index (χ2n) is 3.35. The number of aryl methyl sites for hydroxylation is 1. The van der Waals surface area contributed by atoms with E-state index in [9.17, 15) is 4.79 Å². The Balaban J connectivity index is 2.08. The predicted octanol–water partition coefficient (Wildman–Crippen LogP) is 2.86. The van der Waals surface area contributed by atoms with Crippen LogP contribution >= 0.6 is 0 Å². The number of hydrogen-bond donors (Lipinski definition) is 0. The van der Waals surface area contributed by atoms with Gasteiger partial charge in [-0.25, -0.2) is 0 Å². The van der Waals surface area contributed by atoms with Crippen LogP contribution in [0.4, 0.5) is 0 Å². The van der Waals surface area contributed by atoms with Crippen LogP contribution in [-0.2, 0) is 12.8 Å². The summed E-state index contributed by atoms with van der Waals surface area (Å²) in [4.78, 5) is 11.7. The van der Waals surface area contributed by atoms with Gasteiger partial charge in [0.05, 0.1) is 12.5 Å². The molecule has 2 aromatic rings. The number of carbonyl (C=O) groups is 1. The zero-order chi connectivity index (χ0) is 10.7. The average Bonchev–Trinajstić information content (AvgIpc) is 2.86.